The van der Waals surface area contributed by atoms with Crippen LogP contribution in [0.5, 0.6) is 0 Å². The van der Waals surface area contributed by atoms with Crippen molar-refractivity contribution in [3.05, 3.63) is 37.7 Å². The van der Waals surface area contributed by atoms with Crippen LogP contribution in [0.1, 0.15) is 4.88 Å². The van der Waals surface area contributed by atoms with E-state index in [1.807, 2.05) is 0 Å². The second kappa shape index (κ2) is 3.50. The Morgan fingerprint density at radius 2 is 2.36 bits per heavy atom. The highest BCUT2D eigenvalue weighted by Crippen LogP contribution is 2.22. The molecule has 0 saturated heterocycles. The van der Waals surface area contributed by atoms with Crippen molar-refractivity contribution in [3.8, 4) is 0 Å². The van der Waals surface area contributed by atoms with E-state index in [2.05, 4.69) is 0 Å². The molecule has 0 aliphatic rings. The molecule has 1 rings (SSSR count). The summed E-state index contributed by atoms with van der Waals surface area (Å²) < 4.78 is 0.632. The van der Waals surface area contributed by atoms with E-state index in [9.17, 15) is 10.1 Å². The standard InChI is InChI=1S/C6H4ClNO2S/c7-6-2-1-5(11-6)3-4-8(9)10/h1-4H/b4-3-. The third-order valence-electron chi connectivity index (χ3n) is 0.955. The molecule has 1 aromatic rings. The van der Waals surface area contributed by atoms with Crippen molar-refractivity contribution in [2.45, 2.75) is 0 Å². The molecule has 1 aromatic heterocycles. The van der Waals surface area contributed by atoms with Crippen molar-refractivity contribution < 1.29 is 4.92 Å². The maximum atomic E-state index is 9.87. The molecule has 1 heterocycles. The normalized spacial score (nSPS) is 10.6. The second-order valence-corrected chi connectivity index (χ2v) is 3.49. The lowest BCUT2D eigenvalue weighted by molar-refractivity contribution is -0.400. The quantitative estimate of drug-likeness (QED) is 0.530. The zero-order valence-electron chi connectivity index (χ0n) is 5.36. The van der Waals surface area contributed by atoms with Gasteiger partial charge in [-0.2, -0.15) is 0 Å². The van der Waals surface area contributed by atoms with E-state index in [0.29, 0.717) is 4.34 Å². The Morgan fingerprint density at radius 1 is 1.64 bits per heavy atom. The molecule has 0 fully saturated rings. The van der Waals surface area contributed by atoms with Crippen LogP contribution in [0.15, 0.2) is 18.3 Å². The van der Waals surface area contributed by atoms with Gasteiger partial charge in [0, 0.05) is 11.0 Å². The van der Waals surface area contributed by atoms with E-state index in [0.717, 1.165) is 11.1 Å². The third kappa shape index (κ3) is 2.69. The molecule has 0 N–H and O–H groups in total. The van der Waals surface area contributed by atoms with Crippen LogP contribution in [-0.2, 0) is 0 Å². The molecule has 0 atom stereocenters. The molecular formula is C6H4ClNO2S. The Hall–Kier alpha value is -0.870. The zero-order valence-corrected chi connectivity index (χ0v) is 6.93. The van der Waals surface area contributed by atoms with Gasteiger partial charge in [-0.3, -0.25) is 10.1 Å². The van der Waals surface area contributed by atoms with Gasteiger partial charge >= 0.3 is 0 Å². The lowest BCUT2D eigenvalue weighted by Crippen LogP contribution is -1.80. The van der Waals surface area contributed by atoms with Crippen LogP contribution in [0.3, 0.4) is 0 Å². The van der Waals surface area contributed by atoms with Gasteiger partial charge in [-0.05, 0) is 12.1 Å². The lowest BCUT2D eigenvalue weighted by Gasteiger charge is -1.78. The van der Waals surface area contributed by atoms with Crippen LogP contribution >= 0.6 is 22.9 Å². The Balaban J connectivity index is 2.71. The van der Waals surface area contributed by atoms with Gasteiger partial charge in [-0.15, -0.1) is 11.3 Å². The first-order valence-electron chi connectivity index (χ1n) is 2.75. The Kier molecular flexibility index (Phi) is 2.62. The summed E-state index contributed by atoms with van der Waals surface area (Å²) in [5, 5.41) is 9.87. The highest BCUT2D eigenvalue weighted by atomic mass is 35.5. The van der Waals surface area contributed by atoms with Gasteiger partial charge in [0.2, 0.25) is 6.20 Å². The average molecular weight is 190 g/mol. The first kappa shape index (κ1) is 8.23. The molecule has 0 amide bonds. The lowest BCUT2D eigenvalue weighted by atomic mass is 10.5. The maximum absolute atomic E-state index is 9.87. The molecule has 5 heteroatoms. The molecule has 11 heavy (non-hydrogen) atoms. The molecule has 0 radical (unpaired) electrons. The SMILES string of the molecule is O=[N+]([O-])/C=C\c1ccc(Cl)s1. The van der Waals surface area contributed by atoms with Crippen LogP contribution in [0.4, 0.5) is 0 Å². The van der Waals surface area contributed by atoms with E-state index in [-0.39, 0.29) is 0 Å². The van der Waals surface area contributed by atoms with Crippen LogP contribution in [0.25, 0.3) is 6.08 Å². The predicted molar refractivity (Wildman–Crippen MR) is 45.4 cm³/mol. The number of thiophene rings is 1. The molecular weight excluding hydrogens is 186 g/mol. The summed E-state index contributed by atoms with van der Waals surface area (Å²) in [6, 6.07) is 3.43. The van der Waals surface area contributed by atoms with Gasteiger partial charge < -0.3 is 0 Å². The molecule has 0 aromatic carbocycles. The van der Waals surface area contributed by atoms with Crippen molar-refractivity contribution in [1.82, 2.24) is 0 Å². The monoisotopic (exact) mass is 189 g/mol. The van der Waals surface area contributed by atoms with Crippen molar-refractivity contribution in [2.24, 2.45) is 0 Å². The fraction of sp³-hybridized carbons (Fsp3) is 0. The number of hydrogen-bond donors (Lipinski definition) is 0. The molecule has 3 nitrogen and oxygen atoms in total. The molecule has 0 aliphatic heterocycles. The first-order valence-corrected chi connectivity index (χ1v) is 3.95. The Morgan fingerprint density at radius 3 is 2.82 bits per heavy atom. The van der Waals surface area contributed by atoms with Gasteiger partial charge in [-0.25, -0.2) is 0 Å². The van der Waals surface area contributed by atoms with Crippen molar-refractivity contribution in [2.75, 3.05) is 0 Å². The van der Waals surface area contributed by atoms with Crippen LogP contribution in [0.2, 0.25) is 4.34 Å². The van der Waals surface area contributed by atoms with Gasteiger partial charge in [0.1, 0.15) is 0 Å². The number of nitro groups is 1. The van der Waals surface area contributed by atoms with Gasteiger partial charge in [0.15, 0.2) is 0 Å². The fourth-order valence-electron chi connectivity index (χ4n) is 0.552. The number of hydrogen-bond acceptors (Lipinski definition) is 3. The minimum atomic E-state index is -0.506. The predicted octanol–water partition coefficient (Wildman–Crippen LogP) is 2.65. The molecule has 0 bridgehead atoms. The fourth-order valence-corrected chi connectivity index (χ4v) is 1.51. The van der Waals surface area contributed by atoms with Gasteiger partial charge in [0.05, 0.1) is 9.26 Å². The molecule has 58 valence electrons. The summed E-state index contributed by atoms with van der Waals surface area (Å²) in [5.74, 6) is 0. The average Bonchev–Trinajstić information content (AvgIpc) is 2.31. The summed E-state index contributed by atoms with van der Waals surface area (Å²) >= 11 is 6.89. The minimum absolute atomic E-state index is 0.506. The first-order chi connectivity index (χ1) is 5.18. The molecule has 0 spiro atoms. The Labute approximate surface area is 72.1 Å². The van der Waals surface area contributed by atoms with E-state index in [1.54, 1.807) is 12.1 Å². The van der Waals surface area contributed by atoms with E-state index >= 15 is 0 Å². The largest absolute Gasteiger partial charge is 0.259 e. The minimum Gasteiger partial charge on any atom is -0.259 e. The smallest absolute Gasteiger partial charge is 0.235 e. The van der Waals surface area contributed by atoms with E-state index in [1.165, 1.54) is 17.4 Å². The molecule has 0 aliphatic carbocycles. The zero-order chi connectivity index (χ0) is 8.27. The maximum Gasteiger partial charge on any atom is 0.235 e. The highest BCUT2D eigenvalue weighted by molar-refractivity contribution is 7.16. The van der Waals surface area contributed by atoms with E-state index < -0.39 is 4.92 Å². The van der Waals surface area contributed by atoms with Crippen molar-refractivity contribution in [3.63, 3.8) is 0 Å². The van der Waals surface area contributed by atoms with Gasteiger partial charge in [0.25, 0.3) is 0 Å². The summed E-state index contributed by atoms with van der Waals surface area (Å²) in [4.78, 5) is 10.1. The van der Waals surface area contributed by atoms with Crippen LogP contribution < -0.4 is 0 Å². The third-order valence-corrected chi connectivity index (χ3v) is 2.15. The van der Waals surface area contributed by atoms with Crippen molar-refractivity contribution in [1.29, 1.82) is 0 Å². The van der Waals surface area contributed by atoms with Gasteiger partial charge in [-0.1, -0.05) is 11.6 Å². The van der Waals surface area contributed by atoms with Crippen LogP contribution in [-0.4, -0.2) is 4.92 Å². The second-order valence-electron chi connectivity index (χ2n) is 1.74. The molecule has 0 unspecified atom stereocenters. The van der Waals surface area contributed by atoms with Crippen molar-refractivity contribution >= 4 is 29.0 Å². The number of halogens is 1. The summed E-state index contributed by atoms with van der Waals surface area (Å²) in [7, 11) is 0. The summed E-state index contributed by atoms with van der Waals surface area (Å²) in [6.45, 7) is 0. The molecule has 0 saturated carbocycles. The summed E-state index contributed by atoms with van der Waals surface area (Å²) in [6.07, 6.45) is 2.30. The number of nitrogens with zero attached hydrogens (tertiary/aromatic N) is 1. The summed E-state index contributed by atoms with van der Waals surface area (Å²) in [5.41, 5.74) is 0. The highest BCUT2D eigenvalue weighted by Gasteiger charge is 1.94. The Bertz CT molecular complexity index is 295. The van der Waals surface area contributed by atoms with Crippen LogP contribution in [0, 0.1) is 10.1 Å². The topological polar surface area (TPSA) is 43.1 Å². The number of rotatable bonds is 2. The van der Waals surface area contributed by atoms with E-state index in [4.69, 9.17) is 11.6 Å².